The monoisotopic (exact) mass is 254 g/mol. The molecule has 0 atom stereocenters. The van der Waals surface area contributed by atoms with Crippen LogP contribution in [0.2, 0.25) is 0 Å². The molecule has 0 bridgehead atoms. The van der Waals surface area contributed by atoms with Gasteiger partial charge in [-0.05, 0) is 30.2 Å². The minimum Gasteiger partial charge on any atom is -0.326 e. The zero-order valence-corrected chi connectivity index (χ0v) is 10.4. The van der Waals surface area contributed by atoms with Gasteiger partial charge in [-0.15, -0.1) is 0 Å². The number of rotatable bonds is 2. The number of nitrogens with one attached hydrogen (secondary N) is 1. The van der Waals surface area contributed by atoms with Crippen molar-refractivity contribution in [2.24, 2.45) is 5.73 Å². The number of anilines is 1. The summed E-state index contributed by atoms with van der Waals surface area (Å²) in [6.45, 7) is 0.399. The molecule has 0 saturated carbocycles. The van der Waals surface area contributed by atoms with Crippen molar-refractivity contribution < 1.29 is 4.79 Å². The number of hydrogen-bond donors (Lipinski definition) is 2. The molecule has 1 aromatic heterocycles. The second-order valence-electron chi connectivity index (χ2n) is 4.52. The van der Waals surface area contributed by atoms with E-state index in [4.69, 9.17) is 5.73 Å². The molecule has 3 N–H and O–H groups in total. The van der Waals surface area contributed by atoms with E-state index in [0.717, 1.165) is 34.6 Å². The predicted molar refractivity (Wildman–Crippen MR) is 72.3 cm³/mol. The van der Waals surface area contributed by atoms with Gasteiger partial charge >= 0.3 is 0 Å². The van der Waals surface area contributed by atoms with Crippen LogP contribution in [0.5, 0.6) is 0 Å². The largest absolute Gasteiger partial charge is 0.326 e. The van der Waals surface area contributed by atoms with Gasteiger partial charge in [-0.25, -0.2) is 9.97 Å². The number of aryl methyl sites for hydroxylation is 1. The average molecular weight is 254 g/mol. The molecule has 1 aromatic carbocycles. The number of hydrogen-bond acceptors (Lipinski definition) is 4. The Morgan fingerprint density at radius 1 is 1.21 bits per heavy atom. The Balaban J connectivity index is 1.99. The molecular formula is C14H14N4O. The molecule has 1 aliphatic heterocycles. The van der Waals surface area contributed by atoms with Crippen LogP contribution < -0.4 is 11.1 Å². The molecule has 1 aliphatic rings. The molecule has 2 heterocycles. The van der Waals surface area contributed by atoms with Crippen LogP contribution in [-0.2, 0) is 17.8 Å². The van der Waals surface area contributed by atoms with Gasteiger partial charge in [0, 0.05) is 24.2 Å². The van der Waals surface area contributed by atoms with Gasteiger partial charge in [-0.1, -0.05) is 6.07 Å². The molecule has 5 nitrogen and oxygen atoms in total. The van der Waals surface area contributed by atoms with Crippen LogP contribution in [-0.4, -0.2) is 15.9 Å². The Hall–Kier alpha value is -2.27. The Kier molecular flexibility index (Phi) is 2.97. The lowest BCUT2D eigenvalue weighted by Crippen LogP contribution is -2.18. The number of aromatic nitrogens is 2. The van der Waals surface area contributed by atoms with Crippen molar-refractivity contribution in [1.29, 1.82) is 0 Å². The van der Waals surface area contributed by atoms with E-state index in [0.29, 0.717) is 13.0 Å². The highest BCUT2D eigenvalue weighted by Gasteiger charge is 2.15. The molecule has 3 rings (SSSR count). The van der Waals surface area contributed by atoms with Crippen molar-refractivity contribution in [2.45, 2.75) is 19.4 Å². The Morgan fingerprint density at radius 3 is 2.95 bits per heavy atom. The third-order valence-corrected chi connectivity index (χ3v) is 3.23. The van der Waals surface area contributed by atoms with Crippen LogP contribution in [0.15, 0.2) is 30.6 Å². The van der Waals surface area contributed by atoms with E-state index < -0.39 is 0 Å². The molecule has 0 spiro atoms. The van der Waals surface area contributed by atoms with E-state index in [-0.39, 0.29) is 5.91 Å². The highest BCUT2D eigenvalue weighted by molar-refractivity contribution is 5.94. The summed E-state index contributed by atoms with van der Waals surface area (Å²) in [5.41, 5.74) is 10.3. The molecule has 0 unspecified atom stereocenters. The number of nitrogens with two attached hydrogens (primary N) is 1. The average Bonchev–Trinajstić information content (AvgIpc) is 2.46. The predicted octanol–water partition coefficient (Wildman–Crippen LogP) is 1.49. The first-order valence-electron chi connectivity index (χ1n) is 6.20. The van der Waals surface area contributed by atoms with Gasteiger partial charge in [0.15, 0.2) is 0 Å². The van der Waals surface area contributed by atoms with Gasteiger partial charge in [0.2, 0.25) is 5.91 Å². The minimum absolute atomic E-state index is 0.0766. The summed E-state index contributed by atoms with van der Waals surface area (Å²) in [6.07, 6.45) is 2.83. The fourth-order valence-corrected chi connectivity index (χ4v) is 2.21. The van der Waals surface area contributed by atoms with Crippen molar-refractivity contribution in [1.82, 2.24) is 9.97 Å². The van der Waals surface area contributed by atoms with E-state index in [2.05, 4.69) is 21.4 Å². The second-order valence-corrected chi connectivity index (χ2v) is 4.52. The van der Waals surface area contributed by atoms with E-state index >= 15 is 0 Å². The fourth-order valence-electron chi connectivity index (χ4n) is 2.21. The van der Waals surface area contributed by atoms with Gasteiger partial charge in [0.25, 0.3) is 0 Å². The lowest BCUT2D eigenvalue weighted by atomic mass is 9.99. The number of fused-ring (bicyclic) bond motifs is 1. The van der Waals surface area contributed by atoms with Gasteiger partial charge in [-0.2, -0.15) is 0 Å². The molecule has 2 aromatic rings. The van der Waals surface area contributed by atoms with Gasteiger partial charge in [0.05, 0.1) is 11.4 Å². The number of carbonyl (C=O) groups is 1. The molecule has 0 saturated heterocycles. The first kappa shape index (κ1) is 11.8. The standard InChI is InChI=1S/C14H14N4O/c15-7-11-6-13(17-8-16-11)10-1-3-12-9(5-10)2-4-14(19)18-12/h1,3,5-6,8H,2,4,7,15H2,(H,18,19). The summed E-state index contributed by atoms with van der Waals surface area (Å²) in [7, 11) is 0. The molecule has 5 heteroatoms. The number of amides is 1. The summed E-state index contributed by atoms with van der Waals surface area (Å²) in [5, 5.41) is 2.87. The third-order valence-electron chi connectivity index (χ3n) is 3.23. The third kappa shape index (κ3) is 2.32. The summed E-state index contributed by atoms with van der Waals surface area (Å²) >= 11 is 0. The van der Waals surface area contributed by atoms with Crippen LogP contribution in [0.1, 0.15) is 17.7 Å². The van der Waals surface area contributed by atoms with Crippen LogP contribution >= 0.6 is 0 Å². The zero-order chi connectivity index (χ0) is 13.2. The Morgan fingerprint density at radius 2 is 2.11 bits per heavy atom. The van der Waals surface area contributed by atoms with Crippen molar-refractivity contribution in [3.8, 4) is 11.3 Å². The second kappa shape index (κ2) is 4.78. The summed E-state index contributed by atoms with van der Waals surface area (Å²) in [5.74, 6) is 0.0766. The van der Waals surface area contributed by atoms with Crippen molar-refractivity contribution in [3.05, 3.63) is 41.9 Å². The maximum Gasteiger partial charge on any atom is 0.224 e. The summed E-state index contributed by atoms with van der Waals surface area (Å²) in [4.78, 5) is 19.7. The maximum absolute atomic E-state index is 11.3. The maximum atomic E-state index is 11.3. The first-order chi connectivity index (χ1) is 9.26. The van der Waals surface area contributed by atoms with Gasteiger partial charge in [-0.3, -0.25) is 4.79 Å². The molecule has 0 radical (unpaired) electrons. The molecule has 1 amide bonds. The molecule has 0 aliphatic carbocycles. The van der Waals surface area contributed by atoms with E-state index in [9.17, 15) is 4.79 Å². The van der Waals surface area contributed by atoms with Gasteiger partial charge in [0.1, 0.15) is 6.33 Å². The first-order valence-corrected chi connectivity index (χ1v) is 6.20. The number of nitrogens with zero attached hydrogens (tertiary/aromatic N) is 2. The highest BCUT2D eigenvalue weighted by Crippen LogP contribution is 2.27. The molecule has 0 fully saturated rings. The Bertz CT molecular complexity index is 639. The normalized spacial score (nSPS) is 13.8. The van der Waals surface area contributed by atoms with Crippen molar-refractivity contribution in [3.63, 3.8) is 0 Å². The molecule has 19 heavy (non-hydrogen) atoms. The van der Waals surface area contributed by atoms with Crippen LogP contribution in [0, 0.1) is 0 Å². The number of carbonyl (C=O) groups excluding carboxylic acids is 1. The van der Waals surface area contributed by atoms with Crippen LogP contribution in [0.4, 0.5) is 5.69 Å². The van der Waals surface area contributed by atoms with E-state index in [1.54, 1.807) is 0 Å². The lowest BCUT2D eigenvalue weighted by molar-refractivity contribution is -0.116. The zero-order valence-electron chi connectivity index (χ0n) is 10.4. The summed E-state index contributed by atoms with van der Waals surface area (Å²) < 4.78 is 0. The Labute approximate surface area is 110 Å². The minimum atomic E-state index is 0.0766. The topological polar surface area (TPSA) is 80.9 Å². The lowest BCUT2D eigenvalue weighted by Gasteiger charge is -2.17. The smallest absolute Gasteiger partial charge is 0.224 e. The van der Waals surface area contributed by atoms with E-state index in [1.807, 2.05) is 18.2 Å². The highest BCUT2D eigenvalue weighted by atomic mass is 16.1. The van der Waals surface area contributed by atoms with Crippen LogP contribution in [0.25, 0.3) is 11.3 Å². The quantitative estimate of drug-likeness (QED) is 0.850. The molecular weight excluding hydrogens is 240 g/mol. The van der Waals surface area contributed by atoms with E-state index in [1.165, 1.54) is 6.33 Å². The SMILES string of the molecule is NCc1cc(-c2ccc3c(c2)CCC(=O)N3)ncn1. The fraction of sp³-hybridized carbons (Fsp3) is 0.214. The van der Waals surface area contributed by atoms with Crippen molar-refractivity contribution in [2.75, 3.05) is 5.32 Å². The summed E-state index contributed by atoms with van der Waals surface area (Å²) in [6, 6.07) is 7.83. The van der Waals surface area contributed by atoms with Gasteiger partial charge < -0.3 is 11.1 Å². The van der Waals surface area contributed by atoms with Crippen molar-refractivity contribution >= 4 is 11.6 Å². The number of benzene rings is 1. The van der Waals surface area contributed by atoms with Crippen LogP contribution in [0.3, 0.4) is 0 Å². The molecule has 96 valence electrons.